The fourth-order valence-corrected chi connectivity index (χ4v) is 6.57. The van der Waals surface area contributed by atoms with E-state index in [2.05, 4.69) is 76.2 Å². The number of methoxy groups -OCH3 is 2. The van der Waals surface area contributed by atoms with Gasteiger partial charge < -0.3 is 30.0 Å². The molecule has 5 rings (SSSR count). The minimum absolute atomic E-state index is 0.118. The molecule has 0 aromatic heterocycles. The molecule has 11 nitrogen and oxygen atoms in total. The second-order valence-corrected chi connectivity index (χ2v) is 13.8. The van der Waals surface area contributed by atoms with Gasteiger partial charge in [0, 0.05) is 26.3 Å². The number of hydrogen-bond acceptors (Lipinski definition) is 10. The molecule has 0 bridgehead atoms. The van der Waals surface area contributed by atoms with Crippen LogP contribution in [0, 0.1) is 11.8 Å². The zero-order chi connectivity index (χ0) is 40.8. The van der Waals surface area contributed by atoms with Crippen molar-refractivity contribution in [2.24, 2.45) is 27.8 Å². The van der Waals surface area contributed by atoms with Gasteiger partial charge in [0.25, 0.3) is 5.91 Å². The van der Waals surface area contributed by atoms with E-state index in [4.69, 9.17) is 24.7 Å². The molecule has 0 saturated heterocycles. The first kappa shape index (κ1) is 44.2. The highest BCUT2D eigenvalue weighted by atomic mass is 16.5. The van der Waals surface area contributed by atoms with Crippen molar-refractivity contribution in [1.29, 1.82) is 0 Å². The van der Waals surface area contributed by atoms with E-state index in [0.717, 1.165) is 22.3 Å². The van der Waals surface area contributed by atoms with E-state index >= 15 is 0 Å². The fourth-order valence-electron chi connectivity index (χ4n) is 6.57. The lowest BCUT2D eigenvalue weighted by Crippen LogP contribution is -2.40. The van der Waals surface area contributed by atoms with Gasteiger partial charge in [0.05, 0.1) is 44.8 Å². The molecule has 0 radical (unpaired) electrons. The summed E-state index contributed by atoms with van der Waals surface area (Å²) in [5.41, 5.74) is 13.4. The number of esters is 2. The topological polar surface area (TPSA) is 151 Å². The molecule has 302 valence electrons. The van der Waals surface area contributed by atoms with Crippen LogP contribution in [0.3, 0.4) is 0 Å². The molecule has 4 aromatic rings. The molecule has 4 atom stereocenters. The van der Waals surface area contributed by atoms with Crippen LogP contribution in [0.25, 0.3) is 22.3 Å². The van der Waals surface area contributed by atoms with Gasteiger partial charge in [0.1, 0.15) is 5.70 Å². The quantitative estimate of drug-likeness (QED) is 0.0883. The van der Waals surface area contributed by atoms with Crippen molar-refractivity contribution < 1.29 is 33.3 Å². The molecule has 1 amide bonds. The Balaban J connectivity index is 0.000000261. The van der Waals surface area contributed by atoms with Crippen LogP contribution < -0.4 is 11.1 Å². The van der Waals surface area contributed by atoms with E-state index in [-0.39, 0.29) is 42.5 Å². The van der Waals surface area contributed by atoms with Crippen molar-refractivity contribution in [2.75, 3.05) is 47.2 Å². The predicted molar refractivity (Wildman–Crippen MR) is 222 cm³/mol. The lowest BCUT2D eigenvalue weighted by molar-refractivity contribution is -0.151. The predicted octanol–water partition coefficient (Wildman–Crippen LogP) is 7.39. The highest BCUT2D eigenvalue weighted by Crippen LogP contribution is 2.23. The molecular formula is C46H56N4O7. The Bertz CT molecular complexity index is 1870. The SMILES string of the molecule is CCOC(=O)[C@H](COC)C[C@@H](Cc1ccc(-c2ccccc2)cc1)NC(=O)C1=CCN=N1.CCOC(=O)[C@H](COC)C[C@H](N)Cc1ccc(-c2ccccc2)cc1. The summed E-state index contributed by atoms with van der Waals surface area (Å²) in [6, 6.07) is 36.6. The van der Waals surface area contributed by atoms with Gasteiger partial charge in [-0.25, -0.2) is 0 Å². The van der Waals surface area contributed by atoms with Gasteiger partial charge in [0.15, 0.2) is 0 Å². The third-order valence-electron chi connectivity index (χ3n) is 9.35. The van der Waals surface area contributed by atoms with Crippen molar-refractivity contribution in [2.45, 2.75) is 51.6 Å². The van der Waals surface area contributed by atoms with Crippen LogP contribution in [0.15, 0.2) is 131 Å². The van der Waals surface area contributed by atoms with Crippen molar-refractivity contribution in [1.82, 2.24) is 5.32 Å². The largest absolute Gasteiger partial charge is 0.466 e. The van der Waals surface area contributed by atoms with E-state index in [1.54, 1.807) is 34.1 Å². The van der Waals surface area contributed by atoms with Gasteiger partial charge in [-0.3, -0.25) is 14.4 Å². The zero-order valence-corrected chi connectivity index (χ0v) is 33.5. The van der Waals surface area contributed by atoms with Crippen LogP contribution in [0.2, 0.25) is 0 Å². The third kappa shape index (κ3) is 14.8. The number of benzene rings is 4. The first-order chi connectivity index (χ1) is 27.7. The van der Waals surface area contributed by atoms with E-state index in [1.807, 2.05) is 48.5 Å². The van der Waals surface area contributed by atoms with Gasteiger partial charge >= 0.3 is 11.9 Å². The Morgan fingerprint density at radius 1 is 0.649 bits per heavy atom. The second kappa shape index (κ2) is 24.2. The number of carbonyl (C=O) groups excluding carboxylic acids is 3. The van der Waals surface area contributed by atoms with Crippen LogP contribution in [-0.2, 0) is 46.2 Å². The van der Waals surface area contributed by atoms with Gasteiger partial charge in [-0.2, -0.15) is 10.2 Å². The molecule has 4 aromatic carbocycles. The van der Waals surface area contributed by atoms with Crippen molar-refractivity contribution in [3.05, 3.63) is 132 Å². The number of nitrogens with zero attached hydrogens (tertiary/aromatic N) is 2. The Kier molecular flexibility index (Phi) is 18.8. The molecule has 3 N–H and O–H groups in total. The van der Waals surface area contributed by atoms with Crippen LogP contribution in [0.4, 0.5) is 0 Å². The molecule has 11 heteroatoms. The van der Waals surface area contributed by atoms with Crippen LogP contribution in [0.5, 0.6) is 0 Å². The summed E-state index contributed by atoms with van der Waals surface area (Å²) < 4.78 is 20.7. The summed E-state index contributed by atoms with van der Waals surface area (Å²) >= 11 is 0. The number of rotatable bonds is 20. The Morgan fingerprint density at radius 2 is 1.11 bits per heavy atom. The van der Waals surface area contributed by atoms with E-state index in [0.29, 0.717) is 57.7 Å². The van der Waals surface area contributed by atoms with E-state index < -0.39 is 5.92 Å². The van der Waals surface area contributed by atoms with Gasteiger partial charge in [-0.15, -0.1) is 0 Å². The summed E-state index contributed by atoms with van der Waals surface area (Å²) in [5.74, 6) is -1.65. The maximum absolute atomic E-state index is 12.6. The lowest BCUT2D eigenvalue weighted by Gasteiger charge is -2.23. The van der Waals surface area contributed by atoms with Gasteiger partial charge in [0.2, 0.25) is 0 Å². The molecule has 0 saturated carbocycles. The van der Waals surface area contributed by atoms with Crippen LogP contribution in [-0.4, -0.2) is 77.1 Å². The van der Waals surface area contributed by atoms with Crippen molar-refractivity contribution in [3.63, 3.8) is 0 Å². The Hall–Kier alpha value is -5.49. The third-order valence-corrected chi connectivity index (χ3v) is 9.35. The molecule has 1 heterocycles. The molecule has 1 aliphatic rings. The number of ether oxygens (including phenoxy) is 4. The average Bonchev–Trinajstić information content (AvgIpc) is 3.78. The first-order valence-corrected chi connectivity index (χ1v) is 19.5. The number of nitrogens with one attached hydrogen (secondary N) is 1. The van der Waals surface area contributed by atoms with Crippen LogP contribution in [0.1, 0.15) is 37.8 Å². The minimum Gasteiger partial charge on any atom is -0.466 e. The molecule has 0 fully saturated rings. The van der Waals surface area contributed by atoms with E-state index in [1.165, 1.54) is 11.1 Å². The molecule has 0 spiro atoms. The maximum atomic E-state index is 12.6. The zero-order valence-electron chi connectivity index (χ0n) is 33.5. The standard InChI is InChI=1S/C25H29N3O4.C21H27NO3/c1-3-32-25(30)21(17-31-2)16-22(27-24(29)23-13-14-26-28-23)15-18-9-11-20(12-10-18)19-7-5-4-6-8-19;1-3-25-21(23)19(15-24-2)14-20(22)13-16-9-11-18(12-10-16)17-7-5-4-6-8-17/h4-13,21-22H,3,14-17H2,1-2H3,(H,27,29);4-12,19-20H,3,13-15,22H2,1-2H3/t21-,22+;19-,20+/m00/s1. The van der Waals surface area contributed by atoms with E-state index in [9.17, 15) is 14.4 Å². The molecule has 57 heavy (non-hydrogen) atoms. The summed E-state index contributed by atoms with van der Waals surface area (Å²) in [7, 11) is 3.13. The first-order valence-electron chi connectivity index (χ1n) is 19.5. The average molecular weight is 777 g/mol. The Morgan fingerprint density at radius 3 is 1.54 bits per heavy atom. The van der Waals surface area contributed by atoms with Gasteiger partial charge in [-0.05, 0) is 79.0 Å². The van der Waals surface area contributed by atoms with Crippen molar-refractivity contribution >= 4 is 17.8 Å². The summed E-state index contributed by atoms with van der Waals surface area (Å²) in [5, 5.41) is 10.7. The number of carbonyl (C=O) groups is 3. The monoisotopic (exact) mass is 776 g/mol. The highest BCUT2D eigenvalue weighted by molar-refractivity contribution is 5.93. The lowest BCUT2D eigenvalue weighted by atomic mass is 9.94. The summed E-state index contributed by atoms with van der Waals surface area (Å²) in [4.78, 5) is 37.0. The molecule has 0 unspecified atom stereocenters. The van der Waals surface area contributed by atoms with Crippen molar-refractivity contribution in [3.8, 4) is 22.3 Å². The van der Waals surface area contributed by atoms with Gasteiger partial charge in [-0.1, -0.05) is 109 Å². The highest BCUT2D eigenvalue weighted by Gasteiger charge is 2.27. The summed E-state index contributed by atoms with van der Waals surface area (Å²) in [6.07, 6.45) is 3.90. The maximum Gasteiger partial charge on any atom is 0.311 e. The second-order valence-electron chi connectivity index (χ2n) is 13.8. The Labute approximate surface area is 336 Å². The smallest absolute Gasteiger partial charge is 0.311 e. The normalized spacial score (nSPS) is 13.9. The summed E-state index contributed by atoms with van der Waals surface area (Å²) in [6.45, 7) is 5.20. The fraction of sp³-hybridized carbons (Fsp3) is 0.370. The number of azo groups is 1. The number of amides is 1. The molecule has 1 aliphatic heterocycles. The number of hydrogen-bond donors (Lipinski definition) is 2. The van der Waals surface area contributed by atoms with Crippen LogP contribution >= 0.6 is 0 Å². The minimum atomic E-state index is -0.479. The number of nitrogens with two attached hydrogens (primary N) is 1. The molecular weight excluding hydrogens is 721 g/mol. The molecule has 0 aliphatic carbocycles.